The second-order valence-corrected chi connectivity index (χ2v) is 16.7. The lowest BCUT2D eigenvalue weighted by molar-refractivity contribution is -0.290. The molecule has 3 nitrogen and oxygen atoms in total. The van der Waals surface area contributed by atoms with Crippen molar-refractivity contribution in [2.75, 3.05) is 0 Å². The third kappa shape index (κ3) is 6.04. The van der Waals surface area contributed by atoms with Crippen LogP contribution in [0.3, 0.4) is 0 Å². The fourth-order valence-corrected chi connectivity index (χ4v) is 10.7. The van der Waals surface area contributed by atoms with Crippen molar-refractivity contribution in [2.24, 2.45) is 51.8 Å². The van der Waals surface area contributed by atoms with Crippen molar-refractivity contribution < 1.29 is 27.8 Å². The summed E-state index contributed by atoms with van der Waals surface area (Å²) in [7, 11) is 0. The number of esters is 1. The molecule has 4 saturated carbocycles. The van der Waals surface area contributed by atoms with Gasteiger partial charge in [0.15, 0.2) is 5.60 Å². The summed E-state index contributed by atoms with van der Waals surface area (Å²) in [6.07, 6.45) is 5.12. The van der Waals surface area contributed by atoms with E-state index in [4.69, 9.17) is 4.74 Å². The molecule has 242 valence electrons. The molecule has 0 heterocycles. The second kappa shape index (κ2) is 11.7. The molecule has 4 aliphatic rings. The molecule has 0 saturated heterocycles. The van der Waals surface area contributed by atoms with Crippen LogP contribution in [0, 0.1) is 51.8 Å². The van der Waals surface area contributed by atoms with Crippen molar-refractivity contribution in [1.82, 2.24) is 0 Å². The van der Waals surface area contributed by atoms with E-state index in [1.54, 1.807) is 12.1 Å². The van der Waals surface area contributed by atoms with Gasteiger partial charge >= 0.3 is 12.1 Å². The molecule has 6 heteroatoms. The van der Waals surface area contributed by atoms with E-state index in [-0.39, 0.29) is 47.1 Å². The molecule has 0 aliphatic heterocycles. The monoisotopic (exact) mass is 604 g/mol. The zero-order chi connectivity index (χ0) is 31.4. The lowest BCUT2D eigenvalue weighted by Gasteiger charge is -2.62. The van der Waals surface area contributed by atoms with Gasteiger partial charge in [0.05, 0.1) is 5.56 Å². The average molecular weight is 605 g/mol. The Kier molecular flexibility index (Phi) is 8.90. The minimum Gasteiger partial charge on any atom is -0.458 e. The Morgan fingerprint density at radius 2 is 1.60 bits per heavy atom. The number of hydrogen-bond acceptors (Lipinski definition) is 3. The number of ether oxygens (including phenoxy) is 1. The number of benzene rings is 1. The molecule has 0 spiro atoms. The summed E-state index contributed by atoms with van der Waals surface area (Å²) in [6, 6.07) is 9.24. The van der Waals surface area contributed by atoms with Crippen molar-refractivity contribution in [3.8, 4) is 0 Å². The maximum absolute atomic E-state index is 13.7. The first-order chi connectivity index (χ1) is 20.0. The van der Waals surface area contributed by atoms with Crippen LogP contribution < -0.4 is 0 Å². The molecule has 4 fully saturated rings. The predicted octanol–water partition coefficient (Wildman–Crippen LogP) is 10.0. The third-order valence-corrected chi connectivity index (χ3v) is 13.4. The highest BCUT2D eigenvalue weighted by Gasteiger charge is 2.65. The van der Waals surface area contributed by atoms with Crippen LogP contribution in [0.15, 0.2) is 30.3 Å². The molecule has 1 N–H and O–H groups in total. The molecule has 1 aromatic carbocycles. The van der Waals surface area contributed by atoms with Crippen molar-refractivity contribution in [3.63, 3.8) is 0 Å². The highest BCUT2D eigenvalue weighted by atomic mass is 19.4. The highest BCUT2D eigenvalue weighted by Crippen LogP contribution is 2.69. The van der Waals surface area contributed by atoms with Gasteiger partial charge in [-0.05, 0) is 135 Å². The van der Waals surface area contributed by atoms with Crippen LogP contribution in [0.4, 0.5) is 13.2 Å². The lowest BCUT2D eigenvalue weighted by Crippen LogP contribution is -2.59. The Hall–Kier alpha value is -1.56. The molecular weight excluding hydrogens is 549 g/mol. The van der Waals surface area contributed by atoms with E-state index in [0.29, 0.717) is 41.6 Å². The summed E-state index contributed by atoms with van der Waals surface area (Å²) >= 11 is 0. The maximum Gasteiger partial charge on any atom is 0.417 e. The van der Waals surface area contributed by atoms with Gasteiger partial charge in [0.25, 0.3) is 0 Å². The van der Waals surface area contributed by atoms with Crippen molar-refractivity contribution in [1.29, 1.82) is 0 Å². The minimum atomic E-state index is -4.54. The van der Waals surface area contributed by atoms with Crippen LogP contribution in [-0.4, -0.2) is 29.0 Å². The quantitative estimate of drug-likeness (QED) is 0.315. The maximum atomic E-state index is 13.7. The second-order valence-electron chi connectivity index (χ2n) is 16.7. The standard InChI is InChI=1S/C37H55F3O3/c1-24(11-10-14-31(33(2,3)4)43-32(41)25-12-8-7-9-13-25)28-17-18-29-27-16-15-26-23-36(42,37(38,39)40)22-21-34(26,5)30(27)19-20-35(28,29)6/h7-9,12-13,24,26-31,42H,10-11,14-23H2,1-6H3/t24-,26+,27+,28-,29+,30+,31-,34+,35-,36+/m1/s1. The predicted molar refractivity (Wildman–Crippen MR) is 164 cm³/mol. The van der Waals surface area contributed by atoms with Gasteiger partial charge in [0, 0.05) is 0 Å². The van der Waals surface area contributed by atoms with Crippen LogP contribution in [0.5, 0.6) is 0 Å². The van der Waals surface area contributed by atoms with Crippen LogP contribution >= 0.6 is 0 Å². The number of rotatable bonds is 7. The Morgan fingerprint density at radius 3 is 2.26 bits per heavy atom. The smallest absolute Gasteiger partial charge is 0.417 e. The van der Waals surface area contributed by atoms with E-state index in [1.807, 2.05) is 18.2 Å². The first-order valence-corrected chi connectivity index (χ1v) is 17.0. The van der Waals surface area contributed by atoms with Crippen molar-refractivity contribution >= 4 is 5.97 Å². The zero-order valence-electron chi connectivity index (χ0n) is 27.3. The van der Waals surface area contributed by atoms with E-state index in [2.05, 4.69) is 41.5 Å². The van der Waals surface area contributed by atoms with E-state index >= 15 is 0 Å². The van der Waals surface area contributed by atoms with E-state index in [0.717, 1.165) is 38.5 Å². The molecule has 43 heavy (non-hydrogen) atoms. The molecule has 10 atom stereocenters. The van der Waals surface area contributed by atoms with Gasteiger partial charge in [-0.25, -0.2) is 4.79 Å². The van der Waals surface area contributed by atoms with Gasteiger partial charge in [-0.1, -0.05) is 66.2 Å². The van der Waals surface area contributed by atoms with Crippen molar-refractivity contribution in [2.45, 2.75) is 136 Å². The summed E-state index contributed by atoms with van der Waals surface area (Å²) in [5.74, 6) is 2.67. The fraction of sp³-hybridized carbons (Fsp3) is 0.811. The summed E-state index contributed by atoms with van der Waals surface area (Å²) in [6.45, 7) is 13.6. The van der Waals surface area contributed by atoms with Crippen LogP contribution in [0.25, 0.3) is 0 Å². The largest absolute Gasteiger partial charge is 0.458 e. The summed E-state index contributed by atoms with van der Waals surface area (Å²) < 4.78 is 47.2. The zero-order valence-corrected chi connectivity index (χ0v) is 27.3. The van der Waals surface area contributed by atoms with E-state index in [9.17, 15) is 23.1 Å². The minimum absolute atomic E-state index is 0.0404. The van der Waals surface area contributed by atoms with Gasteiger partial charge < -0.3 is 9.84 Å². The van der Waals surface area contributed by atoms with Crippen molar-refractivity contribution in [3.05, 3.63) is 35.9 Å². The Balaban J connectivity index is 1.20. The third-order valence-electron chi connectivity index (χ3n) is 13.4. The number of carbonyl (C=O) groups is 1. The van der Waals surface area contributed by atoms with E-state index < -0.39 is 11.8 Å². The number of hydrogen-bond donors (Lipinski definition) is 1. The van der Waals surface area contributed by atoms with Gasteiger partial charge in [-0.3, -0.25) is 0 Å². The number of halogens is 3. The average Bonchev–Trinajstić information content (AvgIpc) is 3.29. The van der Waals surface area contributed by atoms with Gasteiger partial charge in [-0.15, -0.1) is 0 Å². The van der Waals surface area contributed by atoms with Crippen LogP contribution in [0.2, 0.25) is 0 Å². The van der Waals surface area contributed by atoms with Crippen LogP contribution in [-0.2, 0) is 4.74 Å². The number of fused-ring (bicyclic) bond motifs is 5. The lowest BCUT2D eigenvalue weighted by atomic mass is 9.43. The normalized spacial score (nSPS) is 39.3. The molecule has 0 radical (unpaired) electrons. The number of alkyl halides is 3. The molecule has 0 aromatic heterocycles. The number of aliphatic hydroxyl groups is 1. The molecule has 5 rings (SSSR count). The Labute approximate surface area is 257 Å². The molecule has 1 aromatic rings. The Morgan fingerprint density at radius 1 is 0.930 bits per heavy atom. The summed E-state index contributed by atoms with van der Waals surface area (Å²) in [4.78, 5) is 12.8. The van der Waals surface area contributed by atoms with Gasteiger partial charge in [-0.2, -0.15) is 13.2 Å². The van der Waals surface area contributed by atoms with Gasteiger partial charge in [0.2, 0.25) is 0 Å². The SMILES string of the molecule is C[C@H](CCC[C@@H](OC(=O)c1ccccc1)C(C)(C)C)[C@H]1CC[C@H]2[C@@H]3CC[C@H]4C[C@](O)(C(F)(F)F)CC[C@]4(C)[C@H]3CC[C@]12C. The fourth-order valence-electron chi connectivity index (χ4n) is 10.7. The molecule has 4 aliphatic carbocycles. The first kappa shape index (κ1) is 32.8. The molecule has 0 amide bonds. The highest BCUT2D eigenvalue weighted by molar-refractivity contribution is 5.89. The first-order valence-electron chi connectivity index (χ1n) is 17.0. The number of carbonyl (C=O) groups excluding carboxylic acids is 1. The van der Waals surface area contributed by atoms with E-state index in [1.165, 1.54) is 19.3 Å². The van der Waals surface area contributed by atoms with Gasteiger partial charge in [0.1, 0.15) is 6.10 Å². The molecule has 0 unspecified atom stereocenters. The van der Waals surface area contributed by atoms with Crippen LogP contribution in [0.1, 0.15) is 129 Å². The summed E-state index contributed by atoms with van der Waals surface area (Å²) in [5, 5.41) is 10.5. The molecular formula is C37H55F3O3. The topological polar surface area (TPSA) is 46.5 Å². The summed E-state index contributed by atoms with van der Waals surface area (Å²) in [5.41, 5.74) is -1.86. The molecule has 0 bridgehead atoms. The Bertz CT molecular complexity index is 1130.